The predicted molar refractivity (Wildman–Crippen MR) is 104 cm³/mol. The van der Waals surface area contributed by atoms with E-state index in [1.165, 1.54) is 0 Å². The molecule has 25 heavy (non-hydrogen) atoms. The second-order valence-corrected chi connectivity index (χ2v) is 7.36. The molecule has 2 rings (SSSR count). The average Bonchev–Trinajstić information content (AvgIpc) is 2.88. The second-order valence-electron chi connectivity index (χ2n) is 6.54. The summed E-state index contributed by atoms with van der Waals surface area (Å²) in [5.74, 6) is 2.16. The molecule has 5 nitrogen and oxygen atoms in total. The normalized spacial score (nSPS) is 12.4. The largest absolute Gasteiger partial charge is 0.444 e. The maximum atomic E-state index is 6.14. The maximum absolute atomic E-state index is 6.14. The van der Waals surface area contributed by atoms with E-state index >= 15 is 0 Å². The Morgan fingerprint density at radius 1 is 1.20 bits per heavy atom. The van der Waals surface area contributed by atoms with Crippen molar-refractivity contribution in [2.45, 2.75) is 39.7 Å². The smallest absolute Gasteiger partial charge is 0.214 e. The van der Waals surface area contributed by atoms with Gasteiger partial charge in [-0.25, -0.2) is 4.98 Å². The van der Waals surface area contributed by atoms with Gasteiger partial charge < -0.3 is 15.1 Å². The van der Waals surface area contributed by atoms with Crippen molar-refractivity contribution in [3.8, 4) is 0 Å². The molecule has 2 aromatic rings. The molecule has 1 aromatic heterocycles. The topological polar surface area (TPSA) is 62.5 Å². The summed E-state index contributed by atoms with van der Waals surface area (Å²) in [6, 6.07) is 5.71. The minimum Gasteiger partial charge on any atom is -0.444 e. The number of aromatic nitrogens is 1. The average molecular weight is 383 g/mol. The summed E-state index contributed by atoms with van der Waals surface area (Å²) in [4.78, 5) is 8.59. The minimum absolute atomic E-state index is 0.151. The third kappa shape index (κ3) is 5.13. The lowest BCUT2D eigenvalue weighted by molar-refractivity contribution is 0.461. The first-order valence-corrected chi connectivity index (χ1v) is 8.81. The fourth-order valence-corrected chi connectivity index (χ4v) is 2.62. The van der Waals surface area contributed by atoms with E-state index in [9.17, 15) is 0 Å². The molecule has 0 amide bonds. The van der Waals surface area contributed by atoms with E-state index in [-0.39, 0.29) is 5.41 Å². The zero-order valence-electron chi connectivity index (χ0n) is 15.2. The van der Waals surface area contributed by atoms with Crippen LogP contribution < -0.4 is 10.6 Å². The minimum atomic E-state index is -0.151. The van der Waals surface area contributed by atoms with Crippen molar-refractivity contribution in [3.63, 3.8) is 0 Å². The number of oxazole rings is 1. The van der Waals surface area contributed by atoms with Crippen LogP contribution in [-0.2, 0) is 12.0 Å². The molecule has 0 bridgehead atoms. The number of nitrogens with zero attached hydrogens (tertiary/aromatic N) is 2. The molecule has 2 N–H and O–H groups in total. The lowest BCUT2D eigenvalue weighted by Gasteiger charge is -2.27. The van der Waals surface area contributed by atoms with Crippen molar-refractivity contribution in [1.82, 2.24) is 15.6 Å². The van der Waals surface area contributed by atoms with E-state index in [1.54, 1.807) is 7.05 Å². The van der Waals surface area contributed by atoms with Crippen molar-refractivity contribution < 1.29 is 4.42 Å². The van der Waals surface area contributed by atoms with Crippen molar-refractivity contribution in [1.29, 1.82) is 0 Å². The fraction of sp³-hybridized carbons (Fsp3) is 0.444. The van der Waals surface area contributed by atoms with Crippen molar-refractivity contribution in [3.05, 3.63) is 51.2 Å². The molecule has 0 aliphatic rings. The van der Waals surface area contributed by atoms with E-state index in [0.717, 1.165) is 17.0 Å². The first-order valence-electron chi connectivity index (χ1n) is 8.06. The Hall–Kier alpha value is -1.72. The van der Waals surface area contributed by atoms with E-state index < -0.39 is 0 Å². The van der Waals surface area contributed by atoms with Gasteiger partial charge in [-0.1, -0.05) is 43.1 Å². The van der Waals surface area contributed by atoms with Crippen LogP contribution in [0.4, 0.5) is 0 Å². The van der Waals surface area contributed by atoms with Crippen molar-refractivity contribution >= 4 is 29.2 Å². The molecule has 0 saturated heterocycles. The van der Waals surface area contributed by atoms with Gasteiger partial charge in [-0.05, 0) is 31.5 Å². The second kappa shape index (κ2) is 8.11. The highest BCUT2D eigenvalue weighted by Gasteiger charge is 2.22. The molecule has 1 heterocycles. The molecule has 0 saturated carbocycles. The Labute approximate surface area is 158 Å². The Kier molecular flexibility index (Phi) is 6.36. The molecular formula is C18H24Cl2N4O. The summed E-state index contributed by atoms with van der Waals surface area (Å²) in [6.45, 7) is 9.24. The van der Waals surface area contributed by atoms with Crippen LogP contribution in [0.2, 0.25) is 10.0 Å². The Morgan fingerprint density at radius 3 is 2.48 bits per heavy atom. The highest BCUT2D eigenvalue weighted by Crippen LogP contribution is 2.29. The van der Waals surface area contributed by atoms with Gasteiger partial charge in [0.25, 0.3) is 0 Å². The highest BCUT2D eigenvalue weighted by atomic mass is 35.5. The lowest BCUT2D eigenvalue weighted by atomic mass is 9.84. The molecule has 0 radical (unpaired) electrons. The molecule has 7 heteroatoms. The molecule has 1 aromatic carbocycles. The number of nitrogens with one attached hydrogen (secondary N) is 2. The third-order valence-corrected chi connectivity index (χ3v) is 4.84. The summed E-state index contributed by atoms with van der Waals surface area (Å²) < 4.78 is 5.56. The number of halogens is 2. The van der Waals surface area contributed by atoms with Crippen LogP contribution in [0, 0.1) is 13.8 Å². The van der Waals surface area contributed by atoms with Crippen LogP contribution in [0.25, 0.3) is 0 Å². The SMILES string of the molecule is CN=C(NCc1nc(C)c(C)o1)NCC(C)(C)c1ccc(Cl)c(Cl)c1. The number of hydrogen-bond acceptors (Lipinski definition) is 3. The van der Waals surface area contributed by atoms with Gasteiger partial charge in [0.1, 0.15) is 5.76 Å². The van der Waals surface area contributed by atoms with Crippen LogP contribution in [-0.4, -0.2) is 24.5 Å². The monoisotopic (exact) mass is 382 g/mol. The van der Waals surface area contributed by atoms with E-state index in [1.807, 2.05) is 32.0 Å². The van der Waals surface area contributed by atoms with Crippen molar-refractivity contribution in [2.75, 3.05) is 13.6 Å². The summed E-state index contributed by atoms with van der Waals surface area (Å²) in [6.07, 6.45) is 0. The standard InChI is InChI=1S/C18H24Cl2N4O/c1-11-12(2)25-16(24-11)9-22-17(21-5)23-10-18(3,4)13-6-7-14(19)15(20)8-13/h6-8H,9-10H2,1-5H3,(H2,21,22,23). The molecular weight excluding hydrogens is 359 g/mol. The van der Waals surface area contributed by atoms with Crippen LogP contribution in [0.3, 0.4) is 0 Å². The molecule has 136 valence electrons. The Bertz CT molecular complexity index is 749. The van der Waals surface area contributed by atoms with Crippen LogP contribution in [0.5, 0.6) is 0 Å². The Balaban J connectivity index is 1.95. The van der Waals surface area contributed by atoms with Gasteiger partial charge in [0.15, 0.2) is 5.96 Å². The first-order chi connectivity index (χ1) is 11.7. The lowest BCUT2D eigenvalue weighted by Crippen LogP contribution is -2.43. The summed E-state index contributed by atoms with van der Waals surface area (Å²) in [5.41, 5.74) is 1.85. The summed E-state index contributed by atoms with van der Waals surface area (Å²) in [7, 11) is 1.73. The fourth-order valence-electron chi connectivity index (χ4n) is 2.32. The zero-order chi connectivity index (χ0) is 18.6. The number of guanidine groups is 1. The number of rotatable bonds is 5. The summed E-state index contributed by atoms with van der Waals surface area (Å²) >= 11 is 12.1. The van der Waals surface area contributed by atoms with E-state index in [4.69, 9.17) is 27.6 Å². The van der Waals surface area contributed by atoms with E-state index in [2.05, 4.69) is 34.5 Å². The number of aryl methyl sites for hydroxylation is 2. The van der Waals surface area contributed by atoms with Gasteiger partial charge in [0, 0.05) is 19.0 Å². The quantitative estimate of drug-likeness (QED) is 0.599. The van der Waals surface area contributed by atoms with Gasteiger partial charge in [0.05, 0.1) is 22.3 Å². The molecule has 0 unspecified atom stereocenters. The molecule has 0 aliphatic heterocycles. The molecule has 0 fully saturated rings. The van der Waals surface area contributed by atoms with Crippen LogP contribution in [0.15, 0.2) is 27.6 Å². The molecule has 0 aliphatic carbocycles. The third-order valence-electron chi connectivity index (χ3n) is 4.10. The van der Waals surface area contributed by atoms with Crippen molar-refractivity contribution in [2.24, 2.45) is 4.99 Å². The maximum Gasteiger partial charge on any atom is 0.214 e. The van der Waals surface area contributed by atoms with Gasteiger partial charge in [-0.2, -0.15) is 0 Å². The molecule has 0 atom stereocenters. The first kappa shape index (κ1) is 19.6. The summed E-state index contributed by atoms with van der Waals surface area (Å²) in [5, 5.41) is 7.65. The van der Waals surface area contributed by atoms with Crippen LogP contribution >= 0.6 is 23.2 Å². The van der Waals surface area contributed by atoms with Gasteiger partial charge >= 0.3 is 0 Å². The number of hydrogen-bond donors (Lipinski definition) is 2. The predicted octanol–water partition coefficient (Wildman–Crippen LogP) is 4.24. The van der Waals surface area contributed by atoms with Gasteiger partial charge in [0.2, 0.25) is 5.89 Å². The molecule has 0 spiro atoms. The van der Waals surface area contributed by atoms with Gasteiger partial charge in [-0.15, -0.1) is 0 Å². The highest BCUT2D eigenvalue weighted by molar-refractivity contribution is 6.42. The van der Waals surface area contributed by atoms with Gasteiger partial charge in [-0.3, -0.25) is 4.99 Å². The Morgan fingerprint density at radius 2 is 1.92 bits per heavy atom. The number of aliphatic imine (C=N–C) groups is 1. The zero-order valence-corrected chi connectivity index (χ0v) is 16.7. The van der Waals surface area contributed by atoms with E-state index in [0.29, 0.717) is 35.0 Å². The van der Waals surface area contributed by atoms with Crippen LogP contribution in [0.1, 0.15) is 36.8 Å². The number of benzene rings is 1.